The molecule has 6 nitrogen and oxygen atoms in total. The molecule has 4 aromatic rings. The normalized spacial score (nSPS) is 15.0. The molecule has 34 heavy (non-hydrogen) atoms. The molecule has 0 bridgehead atoms. The highest BCUT2D eigenvalue weighted by molar-refractivity contribution is 5.80. The summed E-state index contributed by atoms with van der Waals surface area (Å²) < 4.78 is 7.32. The van der Waals surface area contributed by atoms with Crippen molar-refractivity contribution in [2.45, 2.75) is 51.7 Å². The molecule has 0 N–H and O–H groups in total. The third-order valence-corrected chi connectivity index (χ3v) is 6.81. The maximum atomic E-state index is 13.7. The van der Waals surface area contributed by atoms with Crippen molar-refractivity contribution in [1.82, 2.24) is 14.5 Å². The number of hydrogen-bond donors (Lipinski definition) is 0. The predicted molar refractivity (Wildman–Crippen MR) is 131 cm³/mol. The van der Waals surface area contributed by atoms with Crippen LogP contribution in [0.2, 0.25) is 0 Å². The van der Waals surface area contributed by atoms with Crippen molar-refractivity contribution >= 4 is 16.8 Å². The Kier molecular flexibility index (Phi) is 6.30. The predicted octanol–water partition coefficient (Wildman–Crippen LogP) is 5.32. The Bertz CT molecular complexity index is 1320. The van der Waals surface area contributed by atoms with Crippen molar-refractivity contribution in [3.05, 3.63) is 100 Å². The summed E-state index contributed by atoms with van der Waals surface area (Å²) in [4.78, 5) is 34.1. The second kappa shape index (κ2) is 9.67. The summed E-state index contributed by atoms with van der Waals surface area (Å²) in [6, 6.07) is 20.6. The van der Waals surface area contributed by atoms with Gasteiger partial charge in [-0.15, -0.1) is 0 Å². The summed E-state index contributed by atoms with van der Waals surface area (Å²) in [5.41, 5.74) is 1.56. The zero-order valence-corrected chi connectivity index (χ0v) is 19.4. The number of para-hydroxylation sites is 1. The van der Waals surface area contributed by atoms with E-state index in [9.17, 15) is 9.59 Å². The van der Waals surface area contributed by atoms with Crippen molar-refractivity contribution in [3.8, 4) is 0 Å². The van der Waals surface area contributed by atoms with Gasteiger partial charge in [-0.1, -0.05) is 55.3 Å². The van der Waals surface area contributed by atoms with Gasteiger partial charge in [0.1, 0.15) is 11.6 Å². The van der Waals surface area contributed by atoms with E-state index in [2.05, 4.69) is 0 Å². The van der Waals surface area contributed by atoms with E-state index in [-0.39, 0.29) is 17.4 Å². The second-order valence-corrected chi connectivity index (χ2v) is 9.07. The van der Waals surface area contributed by atoms with E-state index in [4.69, 9.17) is 9.40 Å². The Morgan fingerprint density at radius 3 is 2.53 bits per heavy atom. The summed E-state index contributed by atoms with van der Waals surface area (Å²) >= 11 is 0. The summed E-state index contributed by atoms with van der Waals surface area (Å²) in [5.74, 6) is 1.42. The van der Waals surface area contributed by atoms with Gasteiger partial charge in [0.2, 0.25) is 5.91 Å². The largest absolute Gasteiger partial charge is 0.467 e. The molecule has 1 aliphatic rings. The Morgan fingerprint density at radius 2 is 1.79 bits per heavy atom. The molecule has 1 atom stereocenters. The molecule has 0 spiro atoms. The highest BCUT2D eigenvalue weighted by Gasteiger charge is 2.33. The van der Waals surface area contributed by atoms with E-state index in [1.807, 2.05) is 78.6 Å². The van der Waals surface area contributed by atoms with E-state index < -0.39 is 6.04 Å². The molecule has 1 fully saturated rings. The Balaban J connectivity index is 1.61. The molecule has 0 radical (unpaired) electrons. The minimum absolute atomic E-state index is 0.00663. The molecule has 2 aromatic carbocycles. The van der Waals surface area contributed by atoms with Crippen molar-refractivity contribution < 1.29 is 9.21 Å². The van der Waals surface area contributed by atoms with Crippen LogP contribution in [0.15, 0.2) is 82.2 Å². The van der Waals surface area contributed by atoms with Gasteiger partial charge in [0.05, 0.1) is 36.3 Å². The highest BCUT2D eigenvalue weighted by Crippen LogP contribution is 2.31. The van der Waals surface area contributed by atoms with E-state index in [1.54, 1.807) is 10.8 Å². The van der Waals surface area contributed by atoms with E-state index in [1.165, 1.54) is 0 Å². The molecule has 174 valence electrons. The lowest BCUT2D eigenvalue weighted by Gasteiger charge is -2.32. The number of hydrogen-bond acceptors (Lipinski definition) is 4. The molecule has 5 rings (SSSR count). The molecular formula is C28H29N3O3. The average molecular weight is 456 g/mol. The number of nitrogens with zero attached hydrogens (tertiary/aromatic N) is 3. The second-order valence-electron chi connectivity index (χ2n) is 9.07. The van der Waals surface area contributed by atoms with Crippen LogP contribution in [0.1, 0.15) is 55.8 Å². The van der Waals surface area contributed by atoms with Gasteiger partial charge in [0.25, 0.3) is 5.56 Å². The third kappa shape index (κ3) is 4.40. The monoisotopic (exact) mass is 455 g/mol. The number of carbonyl (C=O) groups excluding carboxylic acids is 1. The molecule has 0 aliphatic heterocycles. The Labute approximate surface area is 198 Å². The topological polar surface area (TPSA) is 68.3 Å². The molecule has 0 saturated heterocycles. The number of amides is 1. The van der Waals surface area contributed by atoms with Crippen LogP contribution in [-0.2, 0) is 17.9 Å². The van der Waals surface area contributed by atoms with Crippen LogP contribution in [0, 0.1) is 5.92 Å². The lowest BCUT2D eigenvalue weighted by atomic mass is 10.0. The SMILES string of the molecule is CC(c1nc2ccccc2c(=O)n1Cc1ccccc1)N(Cc1ccco1)C(=O)C1CCCC1. The molecule has 2 heterocycles. The number of furan rings is 1. The van der Waals surface area contributed by atoms with Gasteiger partial charge in [-0.3, -0.25) is 14.2 Å². The lowest BCUT2D eigenvalue weighted by Crippen LogP contribution is -2.40. The molecular weight excluding hydrogens is 426 g/mol. The smallest absolute Gasteiger partial charge is 0.261 e. The van der Waals surface area contributed by atoms with Crippen LogP contribution in [-0.4, -0.2) is 20.4 Å². The summed E-state index contributed by atoms with van der Waals surface area (Å²) in [5, 5.41) is 0.578. The van der Waals surface area contributed by atoms with Crippen LogP contribution < -0.4 is 5.56 Å². The first-order chi connectivity index (χ1) is 16.6. The Hall–Kier alpha value is -3.67. The van der Waals surface area contributed by atoms with E-state index in [0.717, 1.165) is 37.0 Å². The minimum atomic E-state index is -0.404. The molecule has 1 saturated carbocycles. The minimum Gasteiger partial charge on any atom is -0.467 e. The fraction of sp³-hybridized carbons (Fsp3) is 0.321. The van der Waals surface area contributed by atoms with Crippen molar-refractivity contribution in [3.63, 3.8) is 0 Å². The maximum absolute atomic E-state index is 13.7. The van der Waals surface area contributed by atoms with Gasteiger partial charge >= 0.3 is 0 Å². The van der Waals surface area contributed by atoms with Crippen LogP contribution in [0.3, 0.4) is 0 Å². The van der Waals surface area contributed by atoms with Gasteiger partial charge in [-0.05, 0) is 49.6 Å². The number of benzene rings is 2. The van der Waals surface area contributed by atoms with Crippen LogP contribution in [0.5, 0.6) is 0 Å². The van der Waals surface area contributed by atoms with Crippen LogP contribution in [0.25, 0.3) is 10.9 Å². The molecule has 6 heteroatoms. The zero-order valence-electron chi connectivity index (χ0n) is 19.4. The summed E-state index contributed by atoms with van der Waals surface area (Å²) in [7, 11) is 0. The standard InChI is InChI=1S/C28H29N3O3/c1-20(30(19-23-14-9-17-34-23)27(32)22-12-5-6-13-22)26-29-25-16-8-7-15-24(25)28(33)31(26)18-21-10-3-2-4-11-21/h2-4,7-11,14-17,20,22H,5-6,12-13,18-19H2,1H3. The number of carbonyl (C=O) groups is 1. The van der Waals surface area contributed by atoms with Gasteiger partial charge in [0, 0.05) is 5.92 Å². The number of aromatic nitrogens is 2. The zero-order chi connectivity index (χ0) is 23.5. The van der Waals surface area contributed by atoms with Gasteiger partial charge in [0.15, 0.2) is 0 Å². The number of rotatable bonds is 7. The van der Waals surface area contributed by atoms with Crippen LogP contribution >= 0.6 is 0 Å². The summed E-state index contributed by atoms with van der Waals surface area (Å²) in [6.45, 7) is 2.70. The van der Waals surface area contributed by atoms with Crippen molar-refractivity contribution in [2.75, 3.05) is 0 Å². The van der Waals surface area contributed by atoms with Gasteiger partial charge in [-0.25, -0.2) is 4.98 Å². The molecule has 2 aromatic heterocycles. The third-order valence-electron chi connectivity index (χ3n) is 6.81. The first-order valence-electron chi connectivity index (χ1n) is 12.0. The van der Waals surface area contributed by atoms with Gasteiger partial charge in [-0.2, -0.15) is 0 Å². The highest BCUT2D eigenvalue weighted by atomic mass is 16.3. The fourth-order valence-corrected chi connectivity index (χ4v) is 4.95. The van der Waals surface area contributed by atoms with Crippen LogP contribution in [0.4, 0.5) is 0 Å². The summed E-state index contributed by atoms with van der Waals surface area (Å²) in [6.07, 6.45) is 5.58. The molecule has 1 amide bonds. The van der Waals surface area contributed by atoms with Gasteiger partial charge < -0.3 is 9.32 Å². The van der Waals surface area contributed by atoms with Crippen molar-refractivity contribution in [2.24, 2.45) is 5.92 Å². The molecule has 1 aliphatic carbocycles. The maximum Gasteiger partial charge on any atom is 0.261 e. The quantitative estimate of drug-likeness (QED) is 0.378. The van der Waals surface area contributed by atoms with Crippen molar-refractivity contribution in [1.29, 1.82) is 0 Å². The number of fused-ring (bicyclic) bond motifs is 1. The lowest BCUT2D eigenvalue weighted by molar-refractivity contribution is -0.138. The van der Waals surface area contributed by atoms with E-state index in [0.29, 0.717) is 29.8 Å². The Morgan fingerprint density at radius 1 is 1.06 bits per heavy atom. The average Bonchev–Trinajstić information content (AvgIpc) is 3.59. The fourth-order valence-electron chi connectivity index (χ4n) is 4.95. The van der Waals surface area contributed by atoms with E-state index >= 15 is 0 Å². The molecule has 1 unspecified atom stereocenters. The first-order valence-corrected chi connectivity index (χ1v) is 12.0. The first kappa shape index (κ1) is 22.1.